The van der Waals surface area contributed by atoms with Crippen molar-refractivity contribution in [2.24, 2.45) is 5.92 Å². The molecule has 6 nitrogen and oxygen atoms in total. The van der Waals surface area contributed by atoms with Gasteiger partial charge in [-0.2, -0.15) is 5.26 Å². The van der Waals surface area contributed by atoms with Crippen molar-refractivity contribution in [3.63, 3.8) is 0 Å². The van der Waals surface area contributed by atoms with E-state index in [0.29, 0.717) is 5.16 Å². The Morgan fingerprint density at radius 2 is 2.17 bits per heavy atom. The fourth-order valence-electron chi connectivity index (χ4n) is 2.13. The molecule has 0 aliphatic carbocycles. The summed E-state index contributed by atoms with van der Waals surface area (Å²) in [6, 6.07) is 9.79. The highest BCUT2D eigenvalue weighted by molar-refractivity contribution is 7.99. The number of ketones is 1. The third-order valence-corrected chi connectivity index (χ3v) is 4.23. The first-order valence-electron chi connectivity index (χ1n) is 7.03. The highest BCUT2D eigenvalue weighted by Gasteiger charge is 2.21. The summed E-state index contributed by atoms with van der Waals surface area (Å²) in [4.78, 5) is 12.1. The largest absolute Gasteiger partial charge is 0.308 e. The third kappa shape index (κ3) is 3.85. The lowest BCUT2D eigenvalue weighted by Gasteiger charge is -2.10. The van der Waals surface area contributed by atoms with Gasteiger partial charge in [-0.3, -0.25) is 9.36 Å². The Labute approximate surface area is 139 Å². The van der Waals surface area contributed by atoms with Gasteiger partial charge in [0.1, 0.15) is 11.7 Å². The van der Waals surface area contributed by atoms with Crippen LogP contribution in [0.5, 0.6) is 0 Å². The summed E-state index contributed by atoms with van der Waals surface area (Å²) in [5.74, 6) is -0.468. The van der Waals surface area contributed by atoms with Crippen LogP contribution < -0.4 is 0 Å². The second-order valence-electron chi connectivity index (χ2n) is 5.20. The van der Waals surface area contributed by atoms with Crippen LogP contribution in [-0.2, 0) is 4.79 Å². The van der Waals surface area contributed by atoms with Gasteiger partial charge >= 0.3 is 0 Å². The number of aromatic nitrogens is 3. The fourth-order valence-corrected chi connectivity index (χ4v) is 3.03. The minimum absolute atomic E-state index is 0.0643. The average molecular weight is 327 g/mol. The van der Waals surface area contributed by atoms with Crippen molar-refractivity contribution in [1.82, 2.24) is 14.8 Å². The number of aryl methyl sites for hydroxylation is 2. The predicted molar refractivity (Wildman–Crippen MR) is 89.1 cm³/mol. The molecule has 0 saturated carbocycles. The molecule has 0 radical (unpaired) electrons. The van der Waals surface area contributed by atoms with Crippen molar-refractivity contribution < 1.29 is 4.79 Å². The molecule has 1 N–H and O–H groups in total. The number of rotatable bonds is 6. The molecule has 23 heavy (non-hydrogen) atoms. The number of nitrogens with one attached hydrogen (secondary N) is 1. The van der Waals surface area contributed by atoms with Gasteiger partial charge in [-0.15, -0.1) is 10.2 Å². The molecule has 0 saturated heterocycles. The van der Waals surface area contributed by atoms with Crippen molar-refractivity contribution in [1.29, 1.82) is 10.7 Å². The van der Waals surface area contributed by atoms with Crippen LogP contribution in [0.15, 0.2) is 29.4 Å². The van der Waals surface area contributed by atoms with Gasteiger partial charge < -0.3 is 5.41 Å². The topological polar surface area (TPSA) is 95.4 Å². The number of carbonyl (C=O) groups excluding carboxylic acids is 1. The van der Waals surface area contributed by atoms with E-state index in [1.165, 1.54) is 18.7 Å². The first kappa shape index (κ1) is 16.9. The molecule has 2 aromatic rings. The number of Topliss-reactive ketones (excluding diaryl/α,β-unsaturated/α-hetero) is 1. The molecular formula is C16H17N5OS. The Kier molecular flexibility index (Phi) is 5.29. The summed E-state index contributed by atoms with van der Waals surface area (Å²) in [6.07, 6.45) is 0. The van der Waals surface area contributed by atoms with Crippen LogP contribution in [0.4, 0.5) is 0 Å². The first-order chi connectivity index (χ1) is 10.9. The predicted octanol–water partition coefficient (Wildman–Crippen LogP) is 2.72. The second kappa shape index (κ2) is 7.20. The van der Waals surface area contributed by atoms with Crippen LogP contribution in [0.25, 0.3) is 5.69 Å². The van der Waals surface area contributed by atoms with E-state index >= 15 is 0 Å². The molecular weight excluding hydrogens is 310 g/mol. The molecule has 1 atom stereocenters. The van der Waals surface area contributed by atoms with Gasteiger partial charge in [0.2, 0.25) is 0 Å². The van der Waals surface area contributed by atoms with Gasteiger partial charge in [0.15, 0.2) is 10.9 Å². The fraction of sp³-hybridized carbons (Fsp3) is 0.312. The molecule has 1 aromatic carbocycles. The normalized spacial score (nSPS) is 11.7. The van der Waals surface area contributed by atoms with E-state index in [1.807, 2.05) is 48.7 Å². The van der Waals surface area contributed by atoms with Crippen LogP contribution in [-0.4, -0.2) is 32.0 Å². The molecule has 0 fully saturated rings. The van der Waals surface area contributed by atoms with E-state index in [2.05, 4.69) is 10.2 Å². The van der Waals surface area contributed by atoms with Gasteiger partial charge in [-0.05, 0) is 38.5 Å². The SMILES string of the molecule is CC(=N)[C@H](C#N)C(=O)CSc1nnc(C)n1-c1cccc(C)c1. The zero-order valence-electron chi connectivity index (χ0n) is 13.2. The first-order valence-corrected chi connectivity index (χ1v) is 8.02. The van der Waals surface area contributed by atoms with Gasteiger partial charge in [-0.25, -0.2) is 0 Å². The van der Waals surface area contributed by atoms with Crippen molar-refractivity contribution in [3.8, 4) is 11.8 Å². The van der Waals surface area contributed by atoms with Crippen LogP contribution >= 0.6 is 11.8 Å². The van der Waals surface area contributed by atoms with Gasteiger partial charge in [0.25, 0.3) is 0 Å². The summed E-state index contributed by atoms with van der Waals surface area (Å²) in [5.41, 5.74) is 2.11. The summed E-state index contributed by atoms with van der Waals surface area (Å²) in [6.45, 7) is 5.32. The zero-order valence-corrected chi connectivity index (χ0v) is 14.0. The van der Waals surface area contributed by atoms with Crippen LogP contribution in [0.2, 0.25) is 0 Å². The molecule has 0 unspecified atom stereocenters. The number of hydrogen-bond acceptors (Lipinski definition) is 6. The van der Waals surface area contributed by atoms with Crippen LogP contribution in [0.3, 0.4) is 0 Å². The number of carbonyl (C=O) groups is 1. The monoisotopic (exact) mass is 327 g/mol. The van der Waals surface area contributed by atoms with E-state index in [9.17, 15) is 4.79 Å². The van der Waals surface area contributed by atoms with Crippen LogP contribution in [0.1, 0.15) is 18.3 Å². The maximum Gasteiger partial charge on any atom is 0.196 e. The molecule has 1 heterocycles. The third-order valence-electron chi connectivity index (χ3n) is 3.28. The number of nitriles is 1. The molecule has 0 bridgehead atoms. The average Bonchev–Trinajstić information content (AvgIpc) is 2.86. The van der Waals surface area contributed by atoms with Crippen molar-refractivity contribution in [2.75, 3.05) is 5.75 Å². The molecule has 0 aliphatic heterocycles. The second-order valence-corrected chi connectivity index (χ2v) is 6.15. The van der Waals surface area contributed by atoms with E-state index in [-0.39, 0.29) is 17.2 Å². The number of benzene rings is 1. The van der Waals surface area contributed by atoms with E-state index in [4.69, 9.17) is 10.7 Å². The molecule has 0 amide bonds. The smallest absolute Gasteiger partial charge is 0.196 e. The van der Waals surface area contributed by atoms with Crippen molar-refractivity contribution in [3.05, 3.63) is 35.7 Å². The highest BCUT2D eigenvalue weighted by atomic mass is 32.2. The van der Waals surface area contributed by atoms with Gasteiger partial charge in [0, 0.05) is 11.4 Å². The quantitative estimate of drug-likeness (QED) is 0.650. The standard InChI is InChI=1S/C16H17N5OS/c1-10-5-4-6-13(7-10)21-12(3)19-20-16(21)23-9-15(22)14(8-17)11(2)18/h4-7,14,18H,9H2,1-3H3/t14-/m0/s1. The Bertz CT molecular complexity index is 790. The molecule has 0 aliphatic rings. The number of hydrogen-bond donors (Lipinski definition) is 1. The Balaban J connectivity index is 2.21. The van der Waals surface area contributed by atoms with E-state index in [1.54, 1.807) is 0 Å². The molecule has 118 valence electrons. The summed E-state index contributed by atoms with van der Waals surface area (Å²) >= 11 is 1.23. The molecule has 7 heteroatoms. The van der Waals surface area contributed by atoms with Gasteiger partial charge in [-0.1, -0.05) is 23.9 Å². The van der Waals surface area contributed by atoms with Crippen molar-refractivity contribution in [2.45, 2.75) is 25.9 Å². The zero-order chi connectivity index (χ0) is 17.0. The van der Waals surface area contributed by atoms with Crippen molar-refractivity contribution >= 4 is 23.3 Å². The summed E-state index contributed by atoms with van der Waals surface area (Å²) in [5, 5.41) is 25.2. The Morgan fingerprint density at radius 3 is 2.78 bits per heavy atom. The summed E-state index contributed by atoms with van der Waals surface area (Å²) in [7, 11) is 0. The lowest BCUT2D eigenvalue weighted by Crippen LogP contribution is -2.21. The lowest BCUT2D eigenvalue weighted by molar-refractivity contribution is -0.117. The molecule has 2 rings (SSSR count). The maximum atomic E-state index is 12.1. The van der Waals surface area contributed by atoms with E-state index in [0.717, 1.165) is 17.1 Å². The van der Waals surface area contributed by atoms with Gasteiger partial charge in [0.05, 0.1) is 11.8 Å². The lowest BCUT2D eigenvalue weighted by atomic mass is 10.0. The molecule has 0 spiro atoms. The van der Waals surface area contributed by atoms with Crippen LogP contribution in [0, 0.1) is 36.5 Å². The number of nitrogens with zero attached hydrogens (tertiary/aromatic N) is 4. The molecule has 1 aromatic heterocycles. The minimum Gasteiger partial charge on any atom is -0.308 e. The number of thioether (sulfide) groups is 1. The Hall–Kier alpha value is -2.46. The van der Waals surface area contributed by atoms with E-state index < -0.39 is 5.92 Å². The maximum absolute atomic E-state index is 12.1. The summed E-state index contributed by atoms with van der Waals surface area (Å²) < 4.78 is 1.88. The Morgan fingerprint density at radius 1 is 1.43 bits per heavy atom. The highest BCUT2D eigenvalue weighted by Crippen LogP contribution is 2.23. The minimum atomic E-state index is -0.987.